The van der Waals surface area contributed by atoms with Crippen molar-refractivity contribution in [2.45, 2.75) is 62.4 Å². The average Bonchev–Trinajstić information content (AvgIpc) is 3.34. The van der Waals surface area contributed by atoms with E-state index in [1.54, 1.807) is 11.8 Å². The molecule has 1 unspecified atom stereocenters. The smallest absolute Gasteiger partial charge is 0.308 e. The zero-order valence-corrected chi connectivity index (χ0v) is 23.7. The molecular weight excluding hydrogens is 518 g/mol. The highest BCUT2D eigenvalue weighted by molar-refractivity contribution is 8.00. The molecule has 5 rings (SSSR count). The molecule has 2 aliphatic rings. The molecule has 210 valence electrons. The lowest BCUT2D eigenvalue weighted by Gasteiger charge is -2.34. The maximum Gasteiger partial charge on any atom is 0.308 e. The third kappa shape index (κ3) is 7.00. The van der Waals surface area contributed by atoms with E-state index in [2.05, 4.69) is 34.9 Å². The molecule has 1 amide bonds. The van der Waals surface area contributed by atoms with Crippen molar-refractivity contribution in [3.8, 4) is 0 Å². The molecule has 1 heterocycles. The summed E-state index contributed by atoms with van der Waals surface area (Å²) in [5.41, 5.74) is 4.06. The SMILES string of the molecule is O=C(O)CC1(SCCCN(Cc2ccccc2)C(=O)C(c2ccccc2)C2CCCCC2)Nc2ccccc2N1. The second-order valence-corrected chi connectivity index (χ2v) is 12.3. The number of carboxylic acids is 1. The number of benzene rings is 3. The molecule has 3 N–H and O–H groups in total. The number of rotatable bonds is 12. The number of carbonyl (C=O) groups excluding carboxylic acids is 1. The first-order valence-corrected chi connectivity index (χ1v) is 15.4. The molecule has 6 nitrogen and oxygen atoms in total. The van der Waals surface area contributed by atoms with Gasteiger partial charge in [0.25, 0.3) is 0 Å². The Labute approximate surface area is 241 Å². The van der Waals surface area contributed by atoms with E-state index < -0.39 is 11.0 Å². The molecule has 7 heteroatoms. The first-order valence-electron chi connectivity index (χ1n) is 14.4. The largest absolute Gasteiger partial charge is 0.481 e. The van der Waals surface area contributed by atoms with Crippen LogP contribution < -0.4 is 10.6 Å². The predicted octanol–water partition coefficient (Wildman–Crippen LogP) is 7.17. The van der Waals surface area contributed by atoms with E-state index in [0.717, 1.165) is 41.8 Å². The summed E-state index contributed by atoms with van der Waals surface area (Å²) >= 11 is 1.57. The molecule has 3 aromatic carbocycles. The Hall–Kier alpha value is -3.45. The van der Waals surface area contributed by atoms with Gasteiger partial charge in [-0.15, -0.1) is 11.8 Å². The van der Waals surface area contributed by atoms with Crippen molar-refractivity contribution in [1.82, 2.24) is 4.90 Å². The molecule has 1 fully saturated rings. The van der Waals surface area contributed by atoms with Crippen LogP contribution >= 0.6 is 11.8 Å². The van der Waals surface area contributed by atoms with E-state index >= 15 is 0 Å². The Bertz CT molecular complexity index is 1240. The Morgan fingerprint density at radius 1 is 0.875 bits per heavy atom. The number of hydrogen-bond donors (Lipinski definition) is 3. The molecule has 0 bridgehead atoms. The minimum Gasteiger partial charge on any atom is -0.481 e. The number of para-hydroxylation sites is 2. The molecular formula is C33H39N3O3S. The van der Waals surface area contributed by atoms with E-state index in [0.29, 0.717) is 24.8 Å². The Morgan fingerprint density at radius 2 is 1.48 bits per heavy atom. The van der Waals surface area contributed by atoms with Gasteiger partial charge in [-0.1, -0.05) is 92.1 Å². The summed E-state index contributed by atoms with van der Waals surface area (Å²) in [7, 11) is 0. The summed E-state index contributed by atoms with van der Waals surface area (Å²) in [6.45, 7) is 1.19. The summed E-state index contributed by atoms with van der Waals surface area (Å²) in [6, 6.07) is 28.3. The van der Waals surface area contributed by atoms with E-state index in [-0.39, 0.29) is 18.2 Å². The topological polar surface area (TPSA) is 81.7 Å². The summed E-state index contributed by atoms with van der Waals surface area (Å²) in [6.07, 6.45) is 6.51. The number of nitrogens with one attached hydrogen (secondary N) is 2. The summed E-state index contributed by atoms with van der Waals surface area (Å²) in [5, 5.41) is 16.5. The third-order valence-corrected chi connectivity index (χ3v) is 9.33. The maximum absolute atomic E-state index is 14.4. The van der Waals surface area contributed by atoms with Crippen LogP contribution in [0.3, 0.4) is 0 Å². The Balaban J connectivity index is 1.31. The van der Waals surface area contributed by atoms with E-state index in [4.69, 9.17) is 0 Å². The van der Waals surface area contributed by atoms with Crippen LogP contribution in [0.4, 0.5) is 11.4 Å². The fourth-order valence-electron chi connectivity index (χ4n) is 6.11. The van der Waals surface area contributed by atoms with Crippen LogP contribution in [0.1, 0.15) is 62.0 Å². The highest BCUT2D eigenvalue weighted by Gasteiger charge is 2.39. The van der Waals surface area contributed by atoms with Crippen molar-refractivity contribution >= 4 is 35.0 Å². The van der Waals surface area contributed by atoms with E-state index in [9.17, 15) is 14.7 Å². The normalized spacial score (nSPS) is 16.8. The molecule has 1 atom stereocenters. The van der Waals surface area contributed by atoms with Crippen LogP contribution in [0, 0.1) is 5.92 Å². The molecule has 1 aliphatic carbocycles. The van der Waals surface area contributed by atoms with Gasteiger partial charge in [-0.3, -0.25) is 9.59 Å². The predicted molar refractivity (Wildman–Crippen MR) is 163 cm³/mol. The quantitative estimate of drug-likeness (QED) is 0.205. The minimum absolute atomic E-state index is 0.0588. The third-order valence-electron chi connectivity index (χ3n) is 8.00. The van der Waals surface area contributed by atoms with Crippen molar-refractivity contribution in [2.75, 3.05) is 22.9 Å². The standard InChI is InChI=1S/C33H39N3O3S/c37-30(38)23-33(34-28-19-10-11-20-29(28)35-33)40-22-12-21-36(24-25-13-4-1-5-14-25)32(39)31(26-15-6-2-7-16-26)27-17-8-3-9-18-27/h1-2,4-7,10-11,13-16,19-20,27,31,34-35H,3,8-9,12,17-18,21-24H2,(H,37,38). The maximum atomic E-state index is 14.4. The van der Waals surface area contributed by atoms with Gasteiger partial charge in [0.1, 0.15) is 0 Å². The molecule has 40 heavy (non-hydrogen) atoms. The first-order chi connectivity index (χ1) is 19.5. The van der Waals surface area contributed by atoms with Gasteiger partial charge in [0, 0.05) is 13.1 Å². The van der Waals surface area contributed by atoms with E-state index in [1.807, 2.05) is 65.6 Å². The van der Waals surface area contributed by atoms with Gasteiger partial charge in [-0.25, -0.2) is 0 Å². The Morgan fingerprint density at radius 3 is 2.10 bits per heavy atom. The monoisotopic (exact) mass is 557 g/mol. The van der Waals surface area contributed by atoms with Crippen LogP contribution in [-0.2, 0) is 16.1 Å². The summed E-state index contributed by atoms with van der Waals surface area (Å²) in [4.78, 5) is 27.4. The number of fused-ring (bicyclic) bond motifs is 1. The fourth-order valence-corrected chi connectivity index (χ4v) is 7.32. The van der Waals surface area contributed by atoms with Crippen molar-refractivity contribution in [2.24, 2.45) is 5.92 Å². The number of hydrogen-bond acceptors (Lipinski definition) is 5. The lowest BCUT2D eigenvalue weighted by atomic mass is 9.76. The molecule has 3 aromatic rings. The molecule has 1 saturated carbocycles. The molecule has 0 radical (unpaired) electrons. The van der Waals surface area contributed by atoms with Crippen LogP contribution in [0.15, 0.2) is 84.9 Å². The van der Waals surface area contributed by atoms with Crippen LogP contribution in [-0.4, -0.2) is 39.2 Å². The number of thioether (sulfide) groups is 1. The number of nitrogens with zero attached hydrogens (tertiary/aromatic N) is 1. The van der Waals surface area contributed by atoms with E-state index in [1.165, 1.54) is 19.3 Å². The second-order valence-electron chi connectivity index (χ2n) is 10.9. The lowest BCUT2D eigenvalue weighted by molar-refractivity contribution is -0.137. The zero-order valence-electron chi connectivity index (χ0n) is 22.9. The number of carbonyl (C=O) groups is 2. The van der Waals surface area contributed by atoms with Gasteiger partial charge in [0.15, 0.2) is 4.99 Å². The van der Waals surface area contributed by atoms with Crippen molar-refractivity contribution in [1.29, 1.82) is 0 Å². The van der Waals surface area contributed by atoms with Gasteiger partial charge in [0.05, 0.1) is 23.7 Å². The number of anilines is 2. The average molecular weight is 558 g/mol. The summed E-state index contributed by atoms with van der Waals surface area (Å²) in [5.74, 6) is 0.278. The van der Waals surface area contributed by atoms with Gasteiger partial charge < -0.3 is 20.6 Å². The van der Waals surface area contributed by atoms with Crippen LogP contribution in [0.25, 0.3) is 0 Å². The number of aliphatic carboxylic acids is 1. The van der Waals surface area contributed by atoms with Crippen molar-refractivity contribution in [3.63, 3.8) is 0 Å². The van der Waals surface area contributed by atoms with Crippen LogP contribution in [0.5, 0.6) is 0 Å². The highest BCUT2D eigenvalue weighted by atomic mass is 32.2. The summed E-state index contributed by atoms with van der Waals surface area (Å²) < 4.78 is 0. The van der Waals surface area contributed by atoms with Crippen molar-refractivity contribution < 1.29 is 14.7 Å². The highest BCUT2D eigenvalue weighted by Crippen LogP contribution is 2.42. The molecule has 0 saturated heterocycles. The molecule has 0 aromatic heterocycles. The zero-order chi connectivity index (χ0) is 27.8. The van der Waals surface area contributed by atoms with Crippen molar-refractivity contribution in [3.05, 3.63) is 96.1 Å². The molecule has 0 spiro atoms. The van der Waals surface area contributed by atoms with Crippen LogP contribution in [0.2, 0.25) is 0 Å². The van der Waals surface area contributed by atoms with Gasteiger partial charge in [-0.05, 0) is 54.2 Å². The second kappa shape index (κ2) is 13.3. The minimum atomic E-state index is -0.862. The number of amides is 1. The lowest BCUT2D eigenvalue weighted by Crippen LogP contribution is -2.41. The fraction of sp³-hybridized carbons (Fsp3) is 0.394. The number of carboxylic acid groups (broad SMARTS) is 1. The molecule has 1 aliphatic heterocycles. The van der Waals surface area contributed by atoms with Gasteiger partial charge >= 0.3 is 5.97 Å². The first kappa shape index (κ1) is 28.1. The Kier molecular flexibility index (Phi) is 9.32. The van der Waals surface area contributed by atoms with Gasteiger partial charge in [-0.2, -0.15) is 0 Å². The van der Waals surface area contributed by atoms with Gasteiger partial charge in [0.2, 0.25) is 5.91 Å².